The number of carbonyl (C=O) groups excluding carboxylic acids is 1. The number of H-pyrrole nitrogens is 1. The molecule has 0 aliphatic heterocycles. The van der Waals surface area contributed by atoms with Gasteiger partial charge in [-0.2, -0.15) is 5.10 Å². The number of ether oxygens (including phenoxy) is 1. The minimum Gasteiger partial charge on any atom is -0.484 e. The van der Waals surface area contributed by atoms with E-state index in [0.717, 1.165) is 5.56 Å². The van der Waals surface area contributed by atoms with Gasteiger partial charge in [-0.1, -0.05) is 30.3 Å². The molecule has 0 saturated heterocycles. The Kier molecular flexibility index (Phi) is 5.20. The first-order chi connectivity index (χ1) is 12.1. The minimum atomic E-state index is -0.373. The van der Waals surface area contributed by atoms with Crippen LogP contribution in [-0.2, 0) is 11.2 Å². The Bertz CT molecular complexity index is 906. The first-order valence-electron chi connectivity index (χ1n) is 7.50. The predicted octanol–water partition coefficient (Wildman–Crippen LogP) is 2.82. The molecule has 1 heterocycles. The van der Waals surface area contributed by atoms with Gasteiger partial charge < -0.3 is 4.74 Å². The number of hydrogen-bond donors (Lipinski definition) is 2. The van der Waals surface area contributed by atoms with Crippen molar-refractivity contribution in [3.63, 3.8) is 0 Å². The van der Waals surface area contributed by atoms with Gasteiger partial charge in [-0.3, -0.25) is 15.3 Å². The summed E-state index contributed by atoms with van der Waals surface area (Å²) in [5, 5.41) is 6.74. The van der Waals surface area contributed by atoms with Crippen molar-refractivity contribution in [2.75, 3.05) is 12.0 Å². The van der Waals surface area contributed by atoms with Crippen molar-refractivity contribution in [3.8, 4) is 5.75 Å². The maximum absolute atomic E-state index is 13.0. The fourth-order valence-corrected chi connectivity index (χ4v) is 2.37. The zero-order chi connectivity index (χ0) is 17.6. The van der Waals surface area contributed by atoms with Gasteiger partial charge in [0, 0.05) is 6.42 Å². The number of carbonyl (C=O) groups is 1. The van der Waals surface area contributed by atoms with Crippen LogP contribution in [0.2, 0.25) is 0 Å². The zero-order valence-corrected chi connectivity index (χ0v) is 13.9. The third-order valence-corrected chi connectivity index (χ3v) is 3.64. The molecular weight excluding hydrogens is 343 g/mol. The van der Waals surface area contributed by atoms with Crippen LogP contribution in [0.3, 0.4) is 0 Å². The van der Waals surface area contributed by atoms with Crippen molar-refractivity contribution >= 4 is 18.1 Å². The first kappa shape index (κ1) is 16.8. The molecule has 3 rings (SSSR count). The largest absolute Gasteiger partial charge is 0.484 e. The number of rotatable bonds is 6. The number of benzene rings is 2. The lowest BCUT2D eigenvalue weighted by Gasteiger charge is -2.10. The number of nitrogens with one attached hydrogen (secondary N) is 2. The van der Waals surface area contributed by atoms with Crippen molar-refractivity contribution in [3.05, 3.63) is 76.6 Å². The quantitative estimate of drug-likeness (QED) is 0.665. The molecule has 1 amide bonds. The lowest BCUT2D eigenvalue weighted by molar-refractivity contribution is -0.119. The molecule has 0 unspecified atom stereocenters. The number of para-hydroxylation sites is 1. The third kappa shape index (κ3) is 4.51. The molecule has 2 aromatic carbocycles. The lowest BCUT2D eigenvalue weighted by atomic mass is 10.1. The summed E-state index contributed by atoms with van der Waals surface area (Å²) in [6.45, 7) is -0.160. The molecule has 1 aromatic heterocycles. The molecule has 3 aromatic rings. The number of nitrogens with zero attached hydrogens (tertiary/aromatic N) is 2. The fraction of sp³-hybridized carbons (Fsp3) is 0.118. The van der Waals surface area contributed by atoms with Crippen LogP contribution in [0.15, 0.2) is 54.6 Å². The highest BCUT2D eigenvalue weighted by Gasteiger charge is 2.11. The number of aromatic nitrogens is 3. The highest BCUT2D eigenvalue weighted by atomic mass is 32.1. The van der Waals surface area contributed by atoms with Crippen molar-refractivity contribution in [2.24, 2.45) is 0 Å². The smallest absolute Gasteiger partial charge is 0.276 e. The second-order valence-corrected chi connectivity index (χ2v) is 5.61. The Morgan fingerprint density at radius 1 is 1.20 bits per heavy atom. The normalized spacial score (nSPS) is 10.4. The third-order valence-electron chi connectivity index (χ3n) is 3.37. The minimum absolute atomic E-state index is 0.160. The van der Waals surface area contributed by atoms with Gasteiger partial charge in [-0.15, -0.1) is 0 Å². The van der Waals surface area contributed by atoms with Crippen LogP contribution in [0.5, 0.6) is 5.75 Å². The topological polar surface area (TPSA) is 71.9 Å². The van der Waals surface area contributed by atoms with Gasteiger partial charge in [0.15, 0.2) is 12.4 Å². The molecular formula is C17H15FN4O2S. The molecule has 0 spiro atoms. The number of amides is 1. The number of aromatic amines is 1. The molecule has 0 radical (unpaired) electrons. The second kappa shape index (κ2) is 7.71. The predicted molar refractivity (Wildman–Crippen MR) is 92.9 cm³/mol. The Balaban J connectivity index is 1.66. The van der Waals surface area contributed by atoms with Gasteiger partial charge in [0.1, 0.15) is 11.6 Å². The summed E-state index contributed by atoms with van der Waals surface area (Å²) in [7, 11) is 0. The summed E-state index contributed by atoms with van der Waals surface area (Å²) < 4.78 is 20.0. The molecule has 0 saturated carbocycles. The van der Waals surface area contributed by atoms with Crippen LogP contribution in [0.1, 0.15) is 11.4 Å². The standard InChI is InChI=1S/C17H15FN4O2S/c18-13-8-6-12(7-9-13)10-15-19-20-17(25)22(15)21-16(23)11-24-14-4-2-1-3-5-14/h1-9H,10-11H2,(H,20,25)(H,21,23). The monoisotopic (exact) mass is 358 g/mol. The maximum Gasteiger partial charge on any atom is 0.276 e. The summed E-state index contributed by atoms with van der Waals surface area (Å²) in [6.07, 6.45) is 0.382. The van der Waals surface area contributed by atoms with Crippen LogP contribution in [0, 0.1) is 10.6 Å². The molecule has 0 fully saturated rings. The molecule has 128 valence electrons. The van der Waals surface area contributed by atoms with Crippen molar-refractivity contribution < 1.29 is 13.9 Å². The first-order valence-corrected chi connectivity index (χ1v) is 7.91. The molecule has 8 heteroatoms. The SMILES string of the molecule is O=C(COc1ccccc1)Nn1c(Cc2ccc(F)cc2)n[nH]c1=S. The van der Waals surface area contributed by atoms with Crippen LogP contribution >= 0.6 is 12.2 Å². The Labute approximate surface area is 148 Å². The van der Waals surface area contributed by atoms with Gasteiger partial charge >= 0.3 is 0 Å². The number of hydrogen-bond acceptors (Lipinski definition) is 4. The fourth-order valence-electron chi connectivity index (χ4n) is 2.17. The Morgan fingerprint density at radius 3 is 2.64 bits per heavy atom. The van der Waals surface area contributed by atoms with Gasteiger partial charge in [-0.05, 0) is 42.0 Å². The van der Waals surface area contributed by atoms with E-state index in [-0.39, 0.29) is 23.1 Å². The van der Waals surface area contributed by atoms with Gasteiger partial charge in [0.25, 0.3) is 5.91 Å². The van der Waals surface area contributed by atoms with Crippen molar-refractivity contribution in [1.29, 1.82) is 0 Å². The van der Waals surface area contributed by atoms with Crippen LogP contribution in [-0.4, -0.2) is 27.4 Å². The zero-order valence-electron chi connectivity index (χ0n) is 13.1. The van der Waals surface area contributed by atoms with E-state index in [1.165, 1.54) is 16.8 Å². The highest BCUT2D eigenvalue weighted by Crippen LogP contribution is 2.09. The van der Waals surface area contributed by atoms with Crippen molar-refractivity contribution in [1.82, 2.24) is 14.9 Å². The van der Waals surface area contributed by atoms with Gasteiger partial charge in [0.2, 0.25) is 4.77 Å². The van der Waals surface area contributed by atoms with E-state index in [1.807, 2.05) is 18.2 Å². The van der Waals surface area contributed by atoms with Crippen LogP contribution in [0.25, 0.3) is 0 Å². The maximum atomic E-state index is 13.0. The Hall–Kier alpha value is -3.00. The summed E-state index contributed by atoms with van der Waals surface area (Å²) in [6, 6.07) is 15.1. The van der Waals surface area contributed by atoms with E-state index >= 15 is 0 Å². The van der Waals surface area contributed by atoms with E-state index in [1.54, 1.807) is 24.3 Å². The average molecular weight is 358 g/mol. The van der Waals surface area contributed by atoms with E-state index in [2.05, 4.69) is 15.6 Å². The van der Waals surface area contributed by atoms with Crippen molar-refractivity contribution in [2.45, 2.75) is 6.42 Å². The second-order valence-electron chi connectivity index (χ2n) is 5.22. The van der Waals surface area contributed by atoms with Crippen LogP contribution in [0.4, 0.5) is 4.39 Å². The van der Waals surface area contributed by atoms with Gasteiger partial charge in [0.05, 0.1) is 0 Å². The van der Waals surface area contributed by atoms with Crippen LogP contribution < -0.4 is 10.2 Å². The lowest BCUT2D eigenvalue weighted by Crippen LogP contribution is -2.29. The summed E-state index contributed by atoms with van der Waals surface area (Å²) in [4.78, 5) is 12.1. The van der Waals surface area contributed by atoms with E-state index in [0.29, 0.717) is 18.0 Å². The molecule has 0 bridgehead atoms. The summed E-state index contributed by atoms with van der Waals surface area (Å²) in [5.74, 6) is 0.417. The molecule has 0 aliphatic rings. The number of halogens is 1. The molecule has 2 N–H and O–H groups in total. The Morgan fingerprint density at radius 2 is 1.92 bits per heavy atom. The van der Waals surface area contributed by atoms with Gasteiger partial charge in [-0.25, -0.2) is 9.07 Å². The highest BCUT2D eigenvalue weighted by molar-refractivity contribution is 7.71. The molecule has 6 nitrogen and oxygen atoms in total. The molecule has 25 heavy (non-hydrogen) atoms. The summed E-state index contributed by atoms with van der Waals surface area (Å²) >= 11 is 5.14. The molecule has 0 aliphatic carbocycles. The van der Waals surface area contributed by atoms with E-state index in [9.17, 15) is 9.18 Å². The van der Waals surface area contributed by atoms with E-state index < -0.39 is 0 Å². The van der Waals surface area contributed by atoms with E-state index in [4.69, 9.17) is 17.0 Å². The summed E-state index contributed by atoms with van der Waals surface area (Å²) in [5.41, 5.74) is 3.48. The average Bonchev–Trinajstić information content (AvgIpc) is 2.96. The molecule has 0 atom stereocenters.